The molecule has 1 aromatic carbocycles. The molecular weight excluding hydrogens is 442 g/mol. The monoisotopic (exact) mass is 461 g/mol. The van der Waals surface area contributed by atoms with Crippen LogP contribution >= 0.6 is 23.4 Å². The standard InChI is InChI=1S/C20H20ClN5O4S/c21-12-4-1-5-13(22)17(12)19(28)23-8-2-3-11-9-26(20(29)30-11)15-7-6-14-18(24-15)25-16(27)10-31-14/h1,4-7,11H,2-3,8-10,22H2,(H,23,28)(H,24,25,27)/t11-/m0/s1. The van der Waals surface area contributed by atoms with Crippen LogP contribution in [0.1, 0.15) is 23.2 Å². The lowest BCUT2D eigenvalue weighted by molar-refractivity contribution is -0.113. The van der Waals surface area contributed by atoms with Crippen LogP contribution in [0.5, 0.6) is 0 Å². The zero-order valence-corrected chi connectivity index (χ0v) is 18.0. The number of thioether (sulfide) groups is 1. The van der Waals surface area contributed by atoms with Crippen molar-refractivity contribution in [3.8, 4) is 0 Å². The normalized spacial score (nSPS) is 17.7. The van der Waals surface area contributed by atoms with E-state index in [0.29, 0.717) is 54.0 Å². The summed E-state index contributed by atoms with van der Waals surface area (Å²) in [5.74, 6) is 0.769. The van der Waals surface area contributed by atoms with E-state index in [4.69, 9.17) is 22.1 Å². The minimum absolute atomic E-state index is 0.121. The van der Waals surface area contributed by atoms with Gasteiger partial charge in [0.05, 0.1) is 27.8 Å². The third kappa shape index (κ3) is 4.70. The van der Waals surface area contributed by atoms with Gasteiger partial charge in [0.15, 0.2) is 0 Å². The fourth-order valence-corrected chi connectivity index (χ4v) is 4.39. The number of nitrogens with one attached hydrogen (secondary N) is 2. The van der Waals surface area contributed by atoms with Gasteiger partial charge in [0.1, 0.15) is 17.7 Å². The number of pyridine rings is 1. The highest BCUT2D eigenvalue weighted by Gasteiger charge is 2.33. The van der Waals surface area contributed by atoms with Crippen LogP contribution < -0.4 is 21.3 Å². The highest BCUT2D eigenvalue weighted by atomic mass is 35.5. The first-order chi connectivity index (χ1) is 14.9. The van der Waals surface area contributed by atoms with E-state index in [0.717, 1.165) is 4.90 Å². The summed E-state index contributed by atoms with van der Waals surface area (Å²) in [6.45, 7) is 0.731. The molecule has 2 aliphatic heterocycles. The molecule has 1 aromatic heterocycles. The molecule has 0 spiro atoms. The summed E-state index contributed by atoms with van der Waals surface area (Å²) >= 11 is 7.45. The summed E-state index contributed by atoms with van der Waals surface area (Å²) < 4.78 is 5.42. The Kier molecular flexibility index (Phi) is 6.19. The van der Waals surface area contributed by atoms with Crippen molar-refractivity contribution in [3.05, 3.63) is 40.9 Å². The number of amides is 3. The van der Waals surface area contributed by atoms with Gasteiger partial charge in [-0.3, -0.25) is 14.5 Å². The van der Waals surface area contributed by atoms with Gasteiger partial charge in [-0.25, -0.2) is 9.78 Å². The van der Waals surface area contributed by atoms with Crippen molar-refractivity contribution in [3.63, 3.8) is 0 Å². The quantitative estimate of drug-likeness (QED) is 0.446. The summed E-state index contributed by atoms with van der Waals surface area (Å²) in [5.41, 5.74) is 6.40. The van der Waals surface area contributed by atoms with Crippen LogP contribution in [0.25, 0.3) is 0 Å². The van der Waals surface area contributed by atoms with Crippen molar-refractivity contribution in [2.45, 2.75) is 23.8 Å². The third-order valence-electron chi connectivity index (χ3n) is 4.87. The number of carbonyl (C=O) groups is 3. The average Bonchev–Trinajstić information content (AvgIpc) is 3.11. The van der Waals surface area contributed by atoms with Crippen LogP contribution in [0.15, 0.2) is 35.2 Å². The van der Waals surface area contributed by atoms with Crippen molar-refractivity contribution in [2.24, 2.45) is 0 Å². The van der Waals surface area contributed by atoms with Crippen LogP contribution in [-0.2, 0) is 9.53 Å². The van der Waals surface area contributed by atoms with E-state index >= 15 is 0 Å². The fraction of sp³-hybridized carbons (Fsp3) is 0.300. The molecule has 162 valence electrons. The minimum Gasteiger partial charge on any atom is -0.444 e. The van der Waals surface area contributed by atoms with E-state index in [2.05, 4.69) is 15.6 Å². The maximum Gasteiger partial charge on any atom is 0.415 e. The second-order valence-corrected chi connectivity index (χ2v) is 8.50. The average molecular weight is 462 g/mol. The van der Waals surface area contributed by atoms with E-state index < -0.39 is 6.09 Å². The number of halogens is 1. The predicted molar refractivity (Wildman–Crippen MR) is 119 cm³/mol. The van der Waals surface area contributed by atoms with E-state index in [1.807, 2.05) is 6.07 Å². The molecule has 1 saturated heterocycles. The van der Waals surface area contributed by atoms with Crippen molar-refractivity contribution in [2.75, 3.05) is 34.8 Å². The molecular formula is C20H20ClN5O4S. The third-order valence-corrected chi connectivity index (χ3v) is 6.23. The Labute approximate surface area is 187 Å². The lowest BCUT2D eigenvalue weighted by Crippen LogP contribution is -2.28. The molecule has 2 aliphatic rings. The Balaban J connectivity index is 1.29. The van der Waals surface area contributed by atoms with Crippen molar-refractivity contribution in [1.82, 2.24) is 10.3 Å². The number of cyclic esters (lactones) is 1. The number of hydrogen-bond donors (Lipinski definition) is 3. The number of anilines is 3. The molecule has 11 heteroatoms. The number of fused-ring (bicyclic) bond motifs is 1. The largest absolute Gasteiger partial charge is 0.444 e. The van der Waals surface area contributed by atoms with E-state index in [1.165, 1.54) is 16.7 Å². The number of nitrogen functional groups attached to an aromatic ring is 1. The molecule has 0 aliphatic carbocycles. The van der Waals surface area contributed by atoms with Gasteiger partial charge in [0, 0.05) is 12.2 Å². The molecule has 2 aromatic rings. The van der Waals surface area contributed by atoms with E-state index in [-0.39, 0.29) is 23.5 Å². The first-order valence-corrected chi connectivity index (χ1v) is 11.0. The topological polar surface area (TPSA) is 127 Å². The van der Waals surface area contributed by atoms with E-state index in [9.17, 15) is 14.4 Å². The molecule has 4 N–H and O–H groups in total. The van der Waals surface area contributed by atoms with Crippen LogP contribution in [0.2, 0.25) is 5.02 Å². The molecule has 0 bridgehead atoms. The second kappa shape index (κ2) is 9.03. The molecule has 0 saturated carbocycles. The fourth-order valence-electron chi connectivity index (χ4n) is 3.36. The first-order valence-electron chi connectivity index (χ1n) is 9.66. The van der Waals surface area contributed by atoms with Gasteiger partial charge in [-0.15, -0.1) is 11.8 Å². The van der Waals surface area contributed by atoms with Gasteiger partial charge in [-0.2, -0.15) is 0 Å². The number of carbonyl (C=O) groups excluding carboxylic acids is 3. The van der Waals surface area contributed by atoms with Gasteiger partial charge in [0.25, 0.3) is 5.91 Å². The van der Waals surface area contributed by atoms with Crippen LogP contribution in [0.3, 0.4) is 0 Å². The summed E-state index contributed by atoms with van der Waals surface area (Å²) in [6.07, 6.45) is 0.362. The summed E-state index contributed by atoms with van der Waals surface area (Å²) in [4.78, 5) is 42.9. The highest BCUT2D eigenvalue weighted by Crippen LogP contribution is 2.33. The maximum absolute atomic E-state index is 12.3. The van der Waals surface area contributed by atoms with Crippen LogP contribution in [0.4, 0.5) is 22.1 Å². The number of aromatic nitrogens is 1. The number of nitrogens with two attached hydrogens (primary N) is 1. The molecule has 1 atom stereocenters. The zero-order chi connectivity index (χ0) is 22.0. The Bertz CT molecular complexity index is 1030. The Morgan fingerprint density at radius 2 is 2.19 bits per heavy atom. The molecule has 1 fully saturated rings. The molecule has 0 unspecified atom stereocenters. The second-order valence-electron chi connectivity index (χ2n) is 7.07. The lowest BCUT2D eigenvalue weighted by atomic mass is 10.1. The number of hydrogen-bond acceptors (Lipinski definition) is 7. The molecule has 0 radical (unpaired) electrons. The molecule has 3 amide bonds. The van der Waals surface area contributed by atoms with Crippen LogP contribution in [-0.4, -0.2) is 47.8 Å². The van der Waals surface area contributed by atoms with Gasteiger partial charge in [-0.05, 0) is 37.1 Å². The number of ether oxygens (including phenoxy) is 1. The maximum atomic E-state index is 12.3. The number of benzene rings is 1. The predicted octanol–water partition coefficient (Wildman–Crippen LogP) is 2.90. The Hall–Kier alpha value is -2.98. The smallest absolute Gasteiger partial charge is 0.415 e. The zero-order valence-electron chi connectivity index (χ0n) is 16.4. The molecule has 4 rings (SSSR count). The van der Waals surface area contributed by atoms with Crippen molar-refractivity contribution in [1.29, 1.82) is 0 Å². The number of nitrogens with zero attached hydrogens (tertiary/aromatic N) is 2. The SMILES string of the molecule is Nc1cccc(Cl)c1C(=O)NCCC[C@H]1CN(c2ccc3c(n2)NC(=O)CS3)C(=O)O1. The minimum atomic E-state index is -0.486. The van der Waals surface area contributed by atoms with Gasteiger partial charge < -0.3 is 21.1 Å². The van der Waals surface area contributed by atoms with Gasteiger partial charge in [-0.1, -0.05) is 17.7 Å². The summed E-state index contributed by atoms with van der Waals surface area (Å²) in [7, 11) is 0. The molecule has 9 nitrogen and oxygen atoms in total. The number of rotatable bonds is 6. The Morgan fingerprint density at radius 1 is 1.35 bits per heavy atom. The Morgan fingerprint density at radius 3 is 3.00 bits per heavy atom. The van der Waals surface area contributed by atoms with Crippen LogP contribution in [0, 0.1) is 0 Å². The summed E-state index contributed by atoms with van der Waals surface area (Å²) in [5, 5.41) is 5.80. The molecule has 3 heterocycles. The molecule has 31 heavy (non-hydrogen) atoms. The van der Waals surface area contributed by atoms with E-state index in [1.54, 1.807) is 24.3 Å². The lowest BCUT2D eigenvalue weighted by Gasteiger charge is -2.18. The van der Waals surface area contributed by atoms with Crippen molar-refractivity contribution < 1.29 is 19.1 Å². The first kappa shape index (κ1) is 21.3. The summed E-state index contributed by atoms with van der Waals surface area (Å²) in [6, 6.07) is 8.47. The van der Waals surface area contributed by atoms with Gasteiger partial charge >= 0.3 is 6.09 Å². The van der Waals surface area contributed by atoms with Crippen molar-refractivity contribution >= 4 is 58.6 Å². The highest BCUT2D eigenvalue weighted by molar-refractivity contribution is 8.00. The van der Waals surface area contributed by atoms with Gasteiger partial charge in [0.2, 0.25) is 5.91 Å².